The molecule has 0 heterocycles. The van der Waals surface area contributed by atoms with Gasteiger partial charge in [-0.05, 0) is 38.0 Å². The number of carbonyl (C=O) groups is 1. The second-order valence-corrected chi connectivity index (χ2v) is 5.00. The molecule has 1 aliphatic rings. The monoisotopic (exact) mass is 198 g/mol. The Kier molecular flexibility index (Phi) is 3.40. The Balaban J connectivity index is 2.24. The number of carbonyl (C=O) groups excluding carboxylic acids is 1. The van der Waals surface area contributed by atoms with Crippen LogP contribution in [0.5, 0.6) is 0 Å². The van der Waals surface area contributed by atoms with Crippen LogP contribution in [0.1, 0.15) is 40.5 Å². The fraction of sp³-hybridized carbons (Fsp3) is 0.909. The molecule has 0 bridgehead atoms. The second-order valence-electron chi connectivity index (χ2n) is 5.00. The summed E-state index contributed by atoms with van der Waals surface area (Å²) in [6, 6.07) is 0.177. The van der Waals surface area contributed by atoms with E-state index >= 15 is 0 Å². The lowest BCUT2D eigenvalue weighted by Crippen LogP contribution is -2.42. The van der Waals surface area contributed by atoms with Crippen LogP contribution in [-0.4, -0.2) is 18.6 Å². The molecule has 1 rings (SSSR count). The molecular formula is C11H22N2O. The van der Waals surface area contributed by atoms with Crippen LogP contribution in [0, 0.1) is 11.3 Å². The molecule has 14 heavy (non-hydrogen) atoms. The predicted octanol–water partition coefficient (Wildman–Crippen LogP) is 2.13. The summed E-state index contributed by atoms with van der Waals surface area (Å²) >= 11 is 0. The Morgan fingerprint density at radius 1 is 1.29 bits per heavy atom. The Bertz CT molecular complexity index is 207. The lowest BCUT2D eigenvalue weighted by atomic mass is 9.92. The molecule has 0 spiro atoms. The largest absolute Gasteiger partial charge is 0.338 e. The van der Waals surface area contributed by atoms with Crippen molar-refractivity contribution >= 4 is 6.03 Å². The van der Waals surface area contributed by atoms with Gasteiger partial charge in [-0.2, -0.15) is 0 Å². The van der Waals surface area contributed by atoms with Crippen molar-refractivity contribution in [3.63, 3.8) is 0 Å². The molecule has 0 unspecified atom stereocenters. The van der Waals surface area contributed by atoms with Gasteiger partial charge in [-0.1, -0.05) is 13.8 Å². The van der Waals surface area contributed by atoms with Crippen molar-refractivity contribution in [2.45, 2.75) is 46.6 Å². The molecule has 0 aromatic rings. The van der Waals surface area contributed by atoms with Crippen LogP contribution in [0.25, 0.3) is 0 Å². The first kappa shape index (κ1) is 11.3. The van der Waals surface area contributed by atoms with Crippen molar-refractivity contribution in [1.29, 1.82) is 0 Å². The molecule has 2 N–H and O–H groups in total. The zero-order valence-electron chi connectivity index (χ0n) is 9.68. The molecule has 0 saturated heterocycles. The van der Waals surface area contributed by atoms with Crippen molar-refractivity contribution < 1.29 is 4.79 Å². The van der Waals surface area contributed by atoms with Crippen LogP contribution in [0.15, 0.2) is 0 Å². The van der Waals surface area contributed by atoms with E-state index in [-0.39, 0.29) is 12.1 Å². The summed E-state index contributed by atoms with van der Waals surface area (Å²) in [4.78, 5) is 11.3. The molecule has 0 aliphatic heterocycles. The summed E-state index contributed by atoms with van der Waals surface area (Å²) in [6.45, 7) is 9.22. The predicted molar refractivity (Wildman–Crippen MR) is 58.2 cm³/mol. The zero-order chi connectivity index (χ0) is 10.8. The third-order valence-corrected chi connectivity index (χ3v) is 3.14. The number of rotatable bonds is 4. The highest BCUT2D eigenvalue weighted by Gasteiger charge is 2.45. The minimum atomic E-state index is -0.0353. The van der Waals surface area contributed by atoms with E-state index < -0.39 is 0 Å². The van der Waals surface area contributed by atoms with Crippen molar-refractivity contribution in [3.8, 4) is 0 Å². The van der Waals surface area contributed by atoms with Crippen molar-refractivity contribution in [1.82, 2.24) is 10.6 Å². The molecule has 1 aliphatic carbocycles. The van der Waals surface area contributed by atoms with Crippen LogP contribution >= 0.6 is 0 Å². The van der Waals surface area contributed by atoms with E-state index in [2.05, 4.69) is 24.5 Å². The van der Waals surface area contributed by atoms with Gasteiger partial charge in [0.05, 0.1) is 0 Å². The first-order valence-electron chi connectivity index (χ1n) is 5.51. The Morgan fingerprint density at radius 2 is 1.86 bits per heavy atom. The quantitative estimate of drug-likeness (QED) is 0.714. The number of hydrogen-bond donors (Lipinski definition) is 2. The zero-order valence-corrected chi connectivity index (χ0v) is 9.68. The molecule has 82 valence electrons. The molecule has 1 saturated carbocycles. The second kappa shape index (κ2) is 4.20. The van der Waals surface area contributed by atoms with Crippen LogP contribution in [0.4, 0.5) is 4.79 Å². The standard InChI is InChI=1S/C11H22N2O/c1-8(2)11(5-6-11)7-12-10(14)13-9(3)4/h8-9H,5-7H2,1-4H3,(H2,12,13,14). The molecule has 0 radical (unpaired) electrons. The van der Waals surface area contributed by atoms with E-state index in [1.807, 2.05) is 13.8 Å². The van der Waals surface area contributed by atoms with Gasteiger partial charge in [0.25, 0.3) is 0 Å². The van der Waals surface area contributed by atoms with Crippen LogP contribution < -0.4 is 10.6 Å². The van der Waals surface area contributed by atoms with E-state index in [1.165, 1.54) is 12.8 Å². The topological polar surface area (TPSA) is 41.1 Å². The van der Waals surface area contributed by atoms with Crippen LogP contribution in [0.2, 0.25) is 0 Å². The number of hydrogen-bond acceptors (Lipinski definition) is 1. The van der Waals surface area contributed by atoms with Gasteiger partial charge in [0.2, 0.25) is 0 Å². The maximum Gasteiger partial charge on any atom is 0.315 e. The smallest absolute Gasteiger partial charge is 0.315 e. The lowest BCUT2D eigenvalue weighted by Gasteiger charge is -2.20. The van der Waals surface area contributed by atoms with Gasteiger partial charge in [0.1, 0.15) is 0 Å². The summed E-state index contributed by atoms with van der Waals surface area (Å²) in [5.74, 6) is 0.668. The minimum Gasteiger partial charge on any atom is -0.338 e. The van der Waals surface area contributed by atoms with Crippen LogP contribution in [-0.2, 0) is 0 Å². The number of urea groups is 1. The van der Waals surface area contributed by atoms with Crippen molar-refractivity contribution in [3.05, 3.63) is 0 Å². The number of nitrogens with one attached hydrogen (secondary N) is 2. The highest BCUT2D eigenvalue weighted by molar-refractivity contribution is 5.74. The van der Waals surface area contributed by atoms with Crippen molar-refractivity contribution in [2.75, 3.05) is 6.54 Å². The SMILES string of the molecule is CC(C)NC(=O)NCC1(C(C)C)CC1. The fourth-order valence-electron chi connectivity index (χ4n) is 1.69. The average Bonchev–Trinajstić information content (AvgIpc) is 2.79. The Morgan fingerprint density at radius 3 is 2.21 bits per heavy atom. The highest BCUT2D eigenvalue weighted by atomic mass is 16.2. The van der Waals surface area contributed by atoms with E-state index in [1.54, 1.807) is 0 Å². The summed E-state index contributed by atoms with van der Waals surface area (Å²) in [5, 5.41) is 5.78. The first-order chi connectivity index (χ1) is 6.46. The molecule has 0 aromatic carbocycles. The average molecular weight is 198 g/mol. The molecular weight excluding hydrogens is 176 g/mol. The maximum absolute atomic E-state index is 11.3. The maximum atomic E-state index is 11.3. The van der Waals surface area contributed by atoms with Gasteiger partial charge in [-0.25, -0.2) is 4.79 Å². The molecule has 3 nitrogen and oxygen atoms in total. The molecule has 2 amide bonds. The van der Waals surface area contributed by atoms with Gasteiger partial charge in [-0.3, -0.25) is 0 Å². The Labute approximate surface area is 86.6 Å². The fourth-order valence-corrected chi connectivity index (χ4v) is 1.69. The Hall–Kier alpha value is -0.730. The summed E-state index contributed by atoms with van der Waals surface area (Å²) in [7, 11) is 0. The lowest BCUT2D eigenvalue weighted by molar-refractivity contribution is 0.232. The van der Waals surface area contributed by atoms with E-state index in [9.17, 15) is 4.79 Å². The molecule has 0 atom stereocenters. The van der Waals surface area contributed by atoms with Crippen LogP contribution in [0.3, 0.4) is 0 Å². The summed E-state index contributed by atoms with van der Waals surface area (Å²) < 4.78 is 0. The molecule has 0 aromatic heterocycles. The van der Waals surface area contributed by atoms with Gasteiger partial charge < -0.3 is 10.6 Å². The first-order valence-corrected chi connectivity index (χ1v) is 5.51. The normalized spacial score (nSPS) is 18.4. The van der Waals surface area contributed by atoms with Gasteiger partial charge in [0, 0.05) is 12.6 Å². The third kappa shape index (κ3) is 2.89. The summed E-state index contributed by atoms with van der Waals surface area (Å²) in [6.07, 6.45) is 2.51. The summed E-state index contributed by atoms with van der Waals surface area (Å²) in [5.41, 5.74) is 0.397. The van der Waals surface area contributed by atoms with Crippen molar-refractivity contribution in [2.24, 2.45) is 11.3 Å². The third-order valence-electron chi connectivity index (χ3n) is 3.14. The van der Waals surface area contributed by atoms with Gasteiger partial charge in [0.15, 0.2) is 0 Å². The van der Waals surface area contributed by atoms with E-state index in [4.69, 9.17) is 0 Å². The van der Waals surface area contributed by atoms with Gasteiger partial charge >= 0.3 is 6.03 Å². The highest BCUT2D eigenvalue weighted by Crippen LogP contribution is 2.51. The molecule has 1 fully saturated rings. The van der Waals surface area contributed by atoms with E-state index in [0.29, 0.717) is 11.3 Å². The van der Waals surface area contributed by atoms with E-state index in [0.717, 1.165) is 6.54 Å². The molecule has 3 heteroatoms. The van der Waals surface area contributed by atoms with Gasteiger partial charge in [-0.15, -0.1) is 0 Å². The minimum absolute atomic E-state index is 0.0353. The number of amides is 2.